The van der Waals surface area contributed by atoms with Gasteiger partial charge in [0.2, 0.25) is 11.8 Å². The van der Waals surface area contributed by atoms with Gasteiger partial charge in [0, 0.05) is 32.0 Å². The molecule has 0 saturated heterocycles. The van der Waals surface area contributed by atoms with Crippen molar-refractivity contribution in [3.63, 3.8) is 0 Å². The van der Waals surface area contributed by atoms with Crippen LogP contribution in [-0.4, -0.2) is 54.0 Å². The van der Waals surface area contributed by atoms with E-state index in [2.05, 4.69) is 5.32 Å². The van der Waals surface area contributed by atoms with Gasteiger partial charge in [-0.1, -0.05) is 71.7 Å². The maximum atomic E-state index is 13.8. The molecule has 11 heteroatoms. The molecular weight excluding hydrogens is 585 g/mol. The molecule has 1 atom stereocenters. The molecular formula is C30H31Cl2N3O5S. The first-order valence-electron chi connectivity index (χ1n) is 13.2. The summed E-state index contributed by atoms with van der Waals surface area (Å²) in [6.45, 7) is 3.59. The van der Waals surface area contributed by atoms with E-state index >= 15 is 0 Å². The highest BCUT2D eigenvalue weighted by molar-refractivity contribution is 7.90. The number of rotatable bonds is 11. The Labute approximate surface area is 250 Å². The summed E-state index contributed by atoms with van der Waals surface area (Å²) in [4.78, 5) is 41.5. The first kappa shape index (κ1) is 30.6. The van der Waals surface area contributed by atoms with Crippen molar-refractivity contribution >= 4 is 50.9 Å². The zero-order chi connectivity index (χ0) is 29.7. The van der Waals surface area contributed by atoms with Crippen LogP contribution in [0.5, 0.6) is 0 Å². The van der Waals surface area contributed by atoms with Crippen molar-refractivity contribution < 1.29 is 22.8 Å². The Balaban J connectivity index is 1.58. The van der Waals surface area contributed by atoms with E-state index < -0.39 is 22.0 Å². The van der Waals surface area contributed by atoms with Crippen molar-refractivity contribution in [2.75, 3.05) is 6.54 Å². The third-order valence-corrected chi connectivity index (χ3v) is 9.28. The fourth-order valence-corrected chi connectivity index (χ4v) is 6.67. The average Bonchev–Trinajstić information content (AvgIpc) is 3.13. The summed E-state index contributed by atoms with van der Waals surface area (Å²) in [5.74, 6) is -1.29. The number of fused-ring (bicyclic) bond motifs is 1. The minimum absolute atomic E-state index is 0.0362. The van der Waals surface area contributed by atoms with Gasteiger partial charge < -0.3 is 10.2 Å². The van der Waals surface area contributed by atoms with Crippen LogP contribution in [0.25, 0.3) is 0 Å². The van der Waals surface area contributed by atoms with Crippen LogP contribution in [0.4, 0.5) is 0 Å². The van der Waals surface area contributed by atoms with Crippen LogP contribution in [0, 0.1) is 0 Å². The molecule has 0 aromatic heterocycles. The highest BCUT2D eigenvalue weighted by Crippen LogP contribution is 2.30. The number of amides is 3. The first-order chi connectivity index (χ1) is 19.5. The molecule has 0 radical (unpaired) electrons. The first-order valence-corrected chi connectivity index (χ1v) is 15.4. The molecule has 216 valence electrons. The molecule has 41 heavy (non-hydrogen) atoms. The van der Waals surface area contributed by atoms with Crippen LogP contribution in [0.1, 0.15) is 48.2 Å². The summed E-state index contributed by atoms with van der Waals surface area (Å²) in [5, 5.41) is 3.60. The standard InChI is InChI=1S/C30H31Cl2N3O5S/c1-20(2)33-29(37)26(18-21-9-4-3-5-10-21)34(19-22-14-15-24(31)25(32)17-22)28(36)13-8-16-35-30(38)23-11-6-7-12-27(23)41(35,39)40/h3-7,9-12,14-15,17,20,26H,8,13,16,18-19H2,1-2H3,(H,33,37). The lowest BCUT2D eigenvalue weighted by atomic mass is 10.0. The number of carbonyl (C=O) groups is 3. The third-order valence-electron chi connectivity index (χ3n) is 6.70. The Morgan fingerprint density at radius 3 is 2.27 bits per heavy atom. The largest absolute Gasteiger partial charge is 0.352 e. The lowest BCUT2D eigenvalue weighted by Crippen LogP contribution is -2.51. The van der Waals surface area contributed by atoms with Gasteiger partial charge in [0.1, 0.15) is 10.9 Å². The highest BCUT2D eigenvalue weighted by Gasteiger charge is 2.40. The fourth-order valence-electron chi connectivity index (χ4n) is 4.74. The molecule has 1 unspecified atom stereocenters. The third kappa shape index (κ3) is 7.09. The monoisotopic (exact) mass is 615 g/mol. The Bertz CT molecular complexity index is 1550. The fraction of sp³-hybridized carbons (Fsp3) is 0.300. The number of nitrogens with zero attached hydrogens (tertiary/aromatic N) is 2. The van der Waals surface area contributed by atoms with Gasteiger partial charge >= 0.3 is 0 Å². The van der Waals surface area contributed by atoms with E-state index in [9.17, 15) is 22.8 Å². The quantitative estimate of drug-likeness (QED) is 0.324. The highest BCUT2D eigenvalue weighted by atomic mass is 35.5. The summed E-state index contributed by atoms with van der Waals surface area (Å²) in [6, 6.07) is 19.4. The Morgan fingerprint density at radius 2 is 1.61 bits per heavy atom. The molecule has 3 aromatic carbocycles. The van der Waals surface area contributed by atoms with Crippen LogP contribution in [0.2, 0.25) is 10.0 Å². The second kappa shape index (κ2) is 13.1. The molecule has 0 spiro atoms. The second-order valence-corrected chi connectivity index (χ2v) is 12.8. The maximum Gasteiger partial charge on any atom is 0.269 e. The van der Waals surface area contributed by atoms with E-state index in [1.807, 2.05) is 44.2 Å². The summed E-state index contributed by atoms with van der Waals surface area (Å²) >= 11 is 12.3. The lowest BCUT2D eigenvalue weighted by molar-refractivity contribution is -0.141. The predicted molar refractivity (Wildman–Crippen MR) is 158 cm³/mol. The van der Waals surface area contributed by atoms with Gasteiger partial charge in [0.25, 0.3) is 15.9 Å². The lowest BCUT2D eigenvalue weighted by Gasteiger charge is -2.32. The number of carbonyl (C=O) groups excluding carboxylic acids is 3. The minimum Gasteiger partial charge on any atom is -0.352 e. The molecule has 0 aliphatic carbocycles. The number of hydrogen-bond acceptors (Lipinski definition) is 5. The van der Waals surface area contributed by atoms with Crippen molar-refractivity contribution in [1.29, 1.82) is 0 Å². The number of sulfonamides is 1. The summed E-state index contributed by atoms with van der Waals surface area (Å²) in [6.07, 6.45) is 0.261. The molecule has 0 saturated carbocycles. The van der Waals surface area contributed by atoms with Crippen molar-refractivity contribution in [1.82, 2.24) is 14.5 Å². The molecule has 4 rings (SSSR count). The average molecular weight is 617 g/mol. The van der Waals surface area contributed by atoms with Crippen molar-refractivity contribution in [2.24, 2.45) is 0 Å². The molecule has 1 heterocycles. The summed E-state index contributed by atoms with van der Waals surface area (Å²) in [5.41, 5.74) is 1.67. The maximum absolute atomic E-state index is 13.8. The van der Waals surface area contributed by atoms with E-state index in [-0.39, 0.29) is 60.7 Å². The smallest absolute Gasteiger partial charge is 0.269 e. The number of nitrogens with one attached hydrogen (secondary N) is 1. The van der Waals surface area contributed by atoms with Crippen LogP contribution in [0.3, 0.4) is 0 Å². The van der Waals surface area contributed by atoms with Gasteiger partial charge in [0.05, 0.1) is 15.6 Å². The second-order valence-electron chi connectivity index (χ2n) is 10.1. The number of hydrogen-bond donors (Lipinski definition) is 1. The SMILES string of the molecule is CC(C)NC(=O)C(Cc1ccccc1)N(Cc1ccc(Cl)c(Cl)c1)C(=O)CCCN1C(=O)c2ccccc2S1(=O)=O. The number of halogens is 2. The zero-order valence-corrected chi connectivity index (χ0v) is 25.0. The van der Waals surface area contributed by atoms with E-state index in [0.717, 1.165) is 9.87 Å². The molecule has 0 bridgehead atoms. The van der Waals surface area contributed by atoms with Gasteiger partial charge in [-0.3, -0.25) is 14.4 Å². The topological polar surface area (TPSA) is 104 Å². The van der Waals surface area contributed by atoms with E-state index in [1.54, 1.807) is 30.3 Å². The predicted octanol–water partition coefficient (Wildman–Crippen LogP) is 5.08. The van der Waals surface area contributed by atoms with E-state index in [0.29, 0.717) is 15.6 Å². The van der Waals surface area contributed by atoms with E-state index in [4.69, 9.17) is 23.2 Å². The van der Waals surface area contributed by atoms with Gasteiger partial charge in [-0.25, -0.2) is 12.7 Å². The molecule has 0 fully saturated rings. The van der Waals surface area contributed by atoms with Crippen LogP contribution >= 0.6 is 23.2 Å². The van der Waals surface area contributed by atoms with Crippen molar-refractivity contribution in [3.05, 3.63) is 99.5 Å². The minimum atomic E-state index is -3.99. The Morgan fingerprint density at radius 1 is 0.927 bits per heavy atom. The van der Waals surface area contributed by atoms with Crippen molar-refractivity contribution in [3.8, 4) is 0 Å². The van der Waals surface area contributed by atoms with Gasteiger partial charge in [-0.2, -0.15) is 0 Å². The van der Waals surface area contributed by atoms with E-state index in [1.165, 1.54) is 17.0 Å². The van der Waals surface area contributed by atoms with Crippen LogP contribution in [-0.2, 0) is 32.6 Å². The molecule has 8 nitrogen and oxygen atoms in total. The van der Waals surface area contributed by atoms with Crippen molar-refractivity contribution in [2.45, 2.75) is 56.6 Å². The van der Waals surface area contributed by atoms with Gasteiger partial charge in [0.15, 0.2) is 0 Å². The zero-order valence-electron chi connectivity index (χ0n) is 22.7. The molecule has 3 aromatic rings. The Kier molecular flexibility index (Phi) is 9.73. The van der Waals surface area contributed by atoms with Gasteiger partial charge in [-0.15, -0.1) is 0 Å². The van der Waals surface area contributed by atoms with Crippen LogP contribution < -0.4 is 5.32 Å². The van der Waals surface area contributed by atoms with Crippen LogP contribution in [0.15, 0.2) is 77.7 Å². The number of benzene rings is 3. The molecule has 3 amide bonds. The van der Waals surface area contributed by atoms with Gasteiger partial charge in [-0.05, 0) is 55.7 Å². The summed E-state index contributed by atoms with van der Waals surface area (Å²) in [7, 11) is -3.99. The molecule has 1 N–H and O–H groups in total. The molecule has 1 aliphatic rings. The normalized spacial score (nSPS) is 14.6. The Hall–Kier alpha value is -3.40. The summed E-state index contributed by atoms with van der Waals surface area (Å²) < 4.78 is 26.7. The molecule has 1 aliphatic heterocycles.